The minimum atomic E-state index is 0.773. The van der Waals surface area contributed by atoms with Gasteiger partial charge in [0.15, 0.2) is 0 Å². The predicted octanol–water partition coefficient (Wildman–Crippen LogP) is 10.4. The van der Waals surface area contributed by atoms with E-state index in [1.54, 1.807) is 0 Å². The summed E-state index contributed by atoms with van der Waals surface area (Å²) in [5.74, 6) is 0. The van der Waals surface area contributed by atoms with Gasteiger partial charge in [0.25, 0.3) is 0 Å². The third-order valence-corrected chi connectivity index (χ3v) is 7.32. The van der Waals surface area contributed by atoms with Crippen LogP contribution in [0.25, 0.3) is 33.4 Å². The van der Waals surface area contributed by atoms with Crippen LogP contribution in [0.2, 0.25) is 0 Å². The van der Waals surface area contributed by atoms with Crippen molar-refractivity contribution < 1.29 is 0 Å². The van der Waals surface area contributed by atoms with Crippen molar-refractivity contribution in [2.75, 3.05) is 10.6 Å². The highest BCUT2D eigenvalue weighted by atomic mass is 15.1. The summed E-state index contributed by atoms with van der Waals surface area (Å²) in [6.07, 6.45) is 0. The monoisotopic (exact) mass is 516 g/mol. The van der Waals surface area contributed by atoms with E-state index >= 15 is 0 Å². The van der Waals surface area contributed by atoms with Gasteiger partial charge in [-0.2, -0.15) is 0 Å². The molecule has 0 bridgehead atoms. The Morgan fingerprint density at radius 2 is 0.700 bits per heavy atom. The van der Waals surface area contributed by atoms with Crippen LogP contribution in [0.5, 0.6) is 0 Å². The van der Waals surface area contributed by atoms with Crippen molar-refractivity contribution >= 4 is 22.7 Å². The minimum Gasteiger partial charge on any atom is -0.399 e. The average molecular weight is 517 g/mol. The summed E-state index contributed by atoms with van der Waals surface area (Å²) in [5.41, 5.74) is 19.7. The normalized spacial score (nSPS) is 10.8. The van der Waals surface area contributed by atoms with Crippen LogP contribution in [0.3, 0.4) is 0 Å². The molecule has 0 saturated carbocycles. The summed E-state index contributed by atoms with van der Waals surface area (Å²) in [7, 11) is 0. The average Bonchev–Trinajstić information content (AvgIpc) is 2.99. The first-order chi connectivity index (χ1) is 19.5. The summed E-state index contributed by atoms with van der Waals surface area (Å²) in [6.45, 7) is 4.27. The molecule has 0 radical (unpaired) electrons. The Bertz CT molecular complexity index is 1640. The van der Waals surface area contributed by atoms with E-state index in [0.717, 1.165) is 33.9 Å². The Morgan fingerprint density at radius 1 is 0.375 bits per heavy atom. The second-order valence-corrected chi connectivity index (χ2v) is 10.3. The lowest BCUT2D eigenvalue weighted by Gasteiger charge is -2.26. The van der Waals surface area contributed by atoms with Gasteiger partial charge in [0, 0.05) is 22.7 Å². The molecule has 0 amide bonds. The van der Waals surface area contributed by atoms with Crippen molar-refractivity contribution in [3.8, 4) is 33.4 Å². The van der Waals surface area contributed by atoms with Crippen LogP contribution in [0.4, 0.5) is 22.7 Å². The first-order valence-corrected chi connectivity index (χ1v) is 13.6. The molecule has 194 valence electrons. The van der Waals surface area contributed by atoms with Gasteiger partial charge in [-0.3, -0.25) is 0 Å². The first-order valence-electron chi connectivity index (χ1n) is 13.6. The molecule has 6 aromatic carbocycles. The van der Waals surface area contributed by atoms with Crippen LogP contribution >= 0.6 is 0 Å². The second kappa shape index (κ2) is 11.0. The molecule has 0 saturated heterocycles. The van der Waals surface area contributed by atoms with Crippen LogP contribution in [0.15, 0.2) is 146 Å². The summed E-state index contributed by atoms with van der Waals surface area (Å²) < 4.78 is 0. The number of benzene rings is 6. The third-order valence-electron chi connectivity index (χ3n) is 7.32. The van der Waals surface area contributed by atoms with Crippen molar-refractivity contribution in [3.63, 3.8) is 0 Å². The van der Waals surface area contributed by atoms with Gasteiger partial charge in [-0.05, 0) is 95.8 Å². The molecule has 0 aliphatic heterocycles. The predicted molar refractivity (Wildman–Crippen MR) is 171 cm³/mol. The fourth-order valence-corrected chi connectivity index (χ4v) is 5.18. The first kappa shape index (κ1) is 25.2. The molecule has 0 fully saturated rings. The zero-order valence-electron chi connectivity index (χ0n) is 22.9. The molecule has 0 atom stereocenters. The minimum absolute atomic E-state index is 0.773. The van der Waals surface area contributed by atoms with Gasteiger partial charge < -0.3 is 10.6 Å². The van der Waals surface area contributed by atoms with Gasteiger partial charge in [0.1, 0.15) is 0 Å². The van der Waals surface area contributed by atoms with Crippen molar-refractivity contribution in [1.82, 2.24) is 0 Å². The fraction of sp³-hybridized carbons (Fsp3) is 0.0526. The molecule has 0 unspecified atom stereocenters. The molecule has 0 heterocycles. The summed E-state index contributed by atoms with van der Waals surface area (Å²) in [6, 6.07) is 51.7. The molecule has 0 aliphatic carbocycles. The lowest BCUT2D eigenvalue weighted by Crippen LogP contribution is -2.09. The van der Waals surface area contributed by atoms with Crippen LogP contribution in [-0.2, 0) is 0 Å². The number of rotatable bonds is 6. The quantitative estimate of drug-likeness (QED) is 0.223. The number of nitrogens with two attached hydrogens (primary N) is 1. The summed E-state index contributed by atoms with van der Waals surface area (Å²) in [5, 5.41) is 0. The number of nitrogens with zero attached hydrogens (tertiary/aromatic N) is 1. The van der Waals surface area contributed by atoms with Crippen LogP contribution < -0.4 is 10.6 Å². The molecule has 40 heavy (non-hydrogen) atoms. The smallest absolute Gasteiger partial charge is 0.0462 e. The molecular weight excluding hydrogens is 484 g/mol. The van der Waals surface area contributed by atoms with Gasteiger partial charge in [-0.15, -0.1) is 0 Å². The molecule has 2 N–H and O–H groups in total. The van der Waals surface area contributed by atoms with Crippen molar-refractivity contribution in [3.05, 3.63) is 157 Å². The van der Waals surface area contributed by atoms with E-state index in [1.807, 2.05) is 12.1 Å². The Balaban J connectivity index is 1.38. The maximum atomic E-state index is 5.90. The number of anilines is 4. The molecule has 6 rings (SSSR count). The highest BCUT2D eigenvalue weighted by Crippen LogP contribution is 2.37. The summed E-state index contributed by atoms with van der Waals surface area (Å²) >= 11 is 0. The molecule has 2 heteroatoms. The largest absolute Gasteiger partial charge is 0.399 e. The van der Waals surface area contributed by atoms with E-state index in [1.165, 1.54) is 33.4 Å². The van der Waals surface area contributed by atoms with Crippen molar-refractivity contribution in [2.24, 2.45) is 0 Å². The van der Waals surface area contributed by atoms with E-state index in [9.17, 15) is 0 Å². The van der Waals surface area contributed by atoms with Gasteiger partial charge >= 0.3 is 0 Å². The number of hydrogen-bond acceptors (Lipinski definition) is 2. The van der Waals surface area contributed by atoms with Gasteiger partial charge in [-0.25, -0.2) is 0 Å². The lowest BCUT2D eigenvalue weighted by molar-refractivity contribution is 1.28. The SMILES string of the molecule is Cc1cccc(-c2ccc(N(c3ccc(-c4ccc(N)cc4)cc3)c3ccc(-c4cccc(C)c4)cc3)cc2)c1. The fourth-order valence-electron chi connectivity index (χ4n) is 5.18. The second-order valence-electron chi connectivity index (χ2n) is 10.3. The van der Waals surface area contributed by atoms with Crippen LogP contribution in [-0.4, -0.2) is 0 Å². The highest BCUT2D eigenvalue weighted by Gasteiger charge is 2.14. The van der Waals surface area contributed by atoms with E-state index in [4.69, 9.17) is 5.73 Å². The Labute approximate surface area is 237 Å². The van der Waals surface area contributed by atoms with E-state index in [0.29, 0.717) is 0 Å². The zero-order valence-corrected chi connectivity index (χ0v) is 22.9. The lowest BCUT2D eigenvalue weighted by atomic mass is 10.0. The highest BCUT2D eigenvalue weighted by molar-refractivity contribution is 5.81. The molecule has 0 spiro atoms. The maximum Gasteiger partial charge on any atom is 0.0462 e. The van der Waals surface area contributed by atoms with Gasteiger partial charge in [0.05, 0.1) is 0 Å². The van der Waals surface area contributed by atoms with Crippen molar-refractivity contribution in [1.29, 1.82) is 0 Å². The molecule has 6 aromatic rings. The Hall–Kier alpha value is -5.08. The van der Waals surface area contributed by atoms with Crippen LogP contribution in [0, 0.1) is 13.8 Å². The number of nitrogen functional groups attached to an aromatic ring is 1. The molecule has 2 nitrogen and oxygen atoms in total. The van der Waals surface area contributed by atoms with Crippen LogP contribution in [0.1, 0.15) is 11.1 Å². The van der Waals surface area contributed by atoms with E-state index < -0.39 is 0 Å². The van der Waals surface area contributed by atoms with E-state index in [-0.39, 0.29) is 0 Å². The molecule has 0 aromatic heterocycles. The third kappa shape index (κ3) is 5.39. The number of aryl methyl sites for hydroxylation is 2. The van der Waals surface area contributed by atoms with E-state index in [2.05, 4.69) is 152 Å². The number of hydrogen-bond donors (Lipinski definition) is 1. The topological polar surface area (TPSA) is 29.3 Å². The zero-order chi connectivity index (χ0) is 27.5. The van der Waals surface area contributed by atoms with Gasteiger partial charge in [0.2, 0.25) is 0 Å². The standard InChI is InChI=1S/C38H32N2/c1-27-5-3-7-33(25-27)31-13-21-37(22-14-31)40(36-19-11-30(12-20-36)29-9-17-35(39)18-10-29)38-23-15-32(16-24-38)34-8-4-6-28(2)26-34/h3-26H,39H2,1-2H3. The summed E-state index contributed by atoms with van der Waals surface area (Å²) in [4.78, 5) is 2.31. The molecular formula is C38H32N2. The maximum absolute atomic E-state index is 5.90. The Kier molecular flexibility index (Phi) is 6.91. The molecule has 0 aliphatic rings. The van der Waals surface area contributed by atoms with Crippen molar-refractivity contribution in [2.45, 2.75) is 13.8 Å². The Morgan fingerprint density at radius 3 is 1.05 bits per heavy atom. The van der Waals surface area contributed by atoms with Gasteiger partial charge in [-0.1, -0.05) is 108 Å².